The molecule has 0 aliphatic rings. The van der Waals surface area contributed by atoms with Crippen LogP contribution in [0.1, 0.15) is 11.1 Å². The third-order valence-electron chi connectivity index (χ3n) is 2.70. The lowest BCUT2D eigenvalue weighted by Gasteiger charge is -2.06. The SMILES string of the molecule is c1ccc(C(=Nn2cncn2)c2ccccc2)cc1. The Balaban J connectivity index is 2.12. The molecule has 1 heterocycles. The molecule has 0 N–H and O–H groups in total. The summed E-state index contributed by atoms with van der Waals surface area (Å²) < 4.78 is 0. The Morgan fingerprint density at radius 3 is 1.89 bits per heavy atom. The van der Waals surface area contributed by atoms with Crippen molar-refractivity contribution in [2.75, 3.05) is 0 Å². The summed E-state index contributed by atoms with van der Waals surface area (Å²) in [5.74, 6) is 0. The van der Waals surface area contributed by atoms with Gasteiger partial charge < -0.3 is 0 Å². The Morgan fingerprint density at radius 1 is 0.842 bits per heavy atom. The Bertz CT molecular complexity index is 616. The average molecular weight is 248 g/mol. The van der Waals surface area contributed by atoms with E-state index in [2.05, 4.69) is 15.2 Å². The first-order valence-corrected chi connectivity index (χ1v) is 5.98. The van der Waals surface area contributed by atoms with Gasteiger partial charge in [-0.05, 0) is 0 Å². The van der Waals surface area contributed by atoms with Crippen LogP contribution in [0.4, 0.5) is 0 Å². The van der Waals surface area contributed by atoms with E-state index < -0.39 is 0 Å². The standard InChI is InChI=1S/C15H12N4/c1-3-7-13(8-4-1)15(14-9-5-2-6-10-14)18-19-12-16-11-17-19/h1-12H. The minimum atomic E-state index is 0.867. The molecule has 3 aromatic rings. The molecule has 0 saturated carbocycles. The first-order valence-electron chi connectivity index (χ1n) is 5.98. The van der Waals surface area contributed by atoms with E-state index in [-0.39, 0.29) is 0 Å². The highest BCUT2D eigenvalue weighted by Crippen LogP contribution is 2.11. The van der Waals surface area contributed by atoms with Gasteiger partial charge in [-0.2, -0.15) is 0 Å². The molecule has 0 aliphatic heterocycles. The van der Waals surface area contributed by atoms with Crippen molar-refractivity contribution in [1.82, 2.24) is 14.9 Å². The molecular formula is C15H12N4. The van der Waals surface area contributed by atoms with Crippen molar-refractivity contribution in [1.29, 1.82) is 0 Å². The number of hydrogen-bond acceptors (Lipinski definition) is 3. The molecule has 0 spiro atoms. The second kappa shape index (κ2) is 5.27. The highest BCUT2D eigenvalue weighted by atomic mass is 15.5. The van der Waals surface area contributed by atoms with E-state index in [1.54, 1.807) is 6.33 Å². The third kappa shape index (κ3) is 2.57. The van der Waals surface area contributed by atoms with Gasteiger partial charge in [0.2, 0.25) is 0 Å². The lowest BCUT2D eigenvalue weighted by atomic mass is 10.0. The van der Waals surface area contributed by atoms with E-state index in [1.165, 1.54) is 11.1 Å². The third-order valence-corrected chi connectivity index (χ3v) is 2.70. The largest absolute Gasteiger partial charge is 0.221 e. The van der Waals surface area contributed by atoms with Gasteiger partial charge in [-0.15, -0.1) is 15.0 Å². The van der Waals surface area contributed by atoms with Crippen LogP contribution in [0.15, 0.2) is 78.4 Å². The molecule has 1 aromatic heterocycles. The van der Waals surface area contributed by atoms with Crippen molar-refractivity contribution in [3.05, 3.63) is 84.4 Å². The monoisotopic (exact) mass is 248 g/mol. The molecule has 2 aromatic carbocycles. The van der Waals surface area contributed by atoms with Gasteiger partial charge in [0.15, 0.2) is 0 Å². The van der Waals surface area contributed by atoms with Gasteiger partial charge in [0, 0.05) is 11.1 Å². The number of hydrogen-bond donors (Lipinski definition) is 0. The molecule has 0 aliphatic carbocycles. The van der Waals surface area contributed by atoms with Crippen molar-refractivity contribution < 1.29 is 0 Å². The lowest BCUT2D eigenvalue weighted by molar-refractivity contribution is 0.739. The maximum absolute atomic E-state index is 4.52. The number of rotatable bonds is 3. The minimum absolute atomic E-state index is 0.867. The molecule has 0 radical (unpaired) electrons. The molecule has 0 amide bonds. The highest BCUT2D eigenvalue weighted by Gasteiger charge is 2.06. The zero-order chi connectivity index (χ0) is 12.9. The van der Waals surface area contributed by atoms with Gasteiger partial charge in [0.1, 0.15) is 18.4 Å². The predicted octanol–water partition coefficient (Wildman–Crippen LogP) is 2.58. The summed E-state index contributed by atoms with van der Waals surface area (Å²) in [6, 6.07) is 20.1. The summed E-state index contributed by atoms with van der Waals surface area (Å²) in [6.45, 7) is 0. The zero-order valence-corrected chi connectivity index (χ0v) is 10.2. The van der Waals surface area contributed by atoms with Gasteiger partial charge in [-0.3, -0.25) is 0 Å². The summed E-state index contributed by atoms with van der Waals surface area (Å²) in [6.07, 6.45) is 3.04. The number of benzene rings is 2. The molecular weight excluding hydrogens is 236 g/mol. The van der Waals surface area contributed by atoms with Crippen molar-refractivity contribution in [2.45, 2.75) is 0 Å². The van der Waals surface area contributed by atoms with Crippen molar-refractivity contribution >= 4 is 5.71 Å². The minimum Gasteiger partial charge on any atom is -0.221 e. The van der Waals surface area contributed by atoms with Gasteiger partial charge in [0.25, 0.3) is 0 Å². The molecule has 0 fully saturated rings. The predicted molar refractivity (Wildman–Crippen MR) is 73.9 cm³/mol. The van der Waals surface area contributed by atoms with E-state index in [4.69, 9.17) is 0 Å². The van der Waals surface area contributed by atoms with Crippen LogP contribution < -0.4 is 0 Å². The van der Waals surface area contributed by atoms with Crippen LogP contribution in [0, 0.1) is 0 Å². The van der Waals surface area contributed by atoms with Gasteiger partial charge >= 0.3 is 0 Å². The van der Waals surface area contributed by atoms with Gasteiger partial charge in [-0.1, -0.05) is 60.7 Å². The smallest absolute Gasteiger partial charge is 0.139 e. The zero-order valence-electron chi connectivity index (χ0n) is 10.2. The molecule has 19 heavy (non-hydrogen) atoms. The molecule has 4 heteroatoms. The van der Waals surface area contributed by atoms with E-state index in [0.717, 1.165) is 16.8 Å². The summed E-state index contributed by atoms with van der Waals surface area (Å²) in [4.78, 5) is 5.37. The fourth-order valence-electron chi connectivity index (χ4n) is 1.83. The van der Waals surface area contributed by atoms with Crippen molar-refractivity contribution in [3.8, 4) is 0 Å². The van der Waals surface area contributed by atoms with Crippen LogP contribution >= 0.6 is 0 Å². The Morgan fingerprint density at radius 2 is 1.42 bits per heavy atom. The fraction of sp³-hybridized carbons (Fsp3) is 0. The maximum atomic E-state index is 4.52. The average Bonchev–Trinajstić information content (AvgIpc) is 3.00. The Labute approximate surface area is 111 Å². The Hall–Kier alpha value is -2.75. The summed E-state index contributed by atoms with van der Waals surface area (Å²) in [7, 11) is 0. The summed E-state index contributed by atoms with van der Waals surface area (Å²) in [5.41, 5.74) is 2.96. The van der Waals surface area contributed by atoms with E-state index in [0.29, 0.717) is 0 Å². The van der Waals surface area contributed by atoms with Crippen LogP contribution in [0.2, 0.25) is 0 Å². The quantitative estimate of drug-likeness (QED) is 0.669. The fourth-order valence-corrected chi connectivity index (χ4v) is 1.83. The normalized spacial score (nSPS) is 10.1. The second-order valence-corrected chi connectivity index (χ2v) is 4.00. The molecule has 4 nitrogen and oxygen atoms in total. The first kappa shape index (κ1) is 11.3. The summed E-state index contributed by atoms with van der Waals surface area (Å²) >= 11 is 0. The van der Waals surface area contributed by atoms with Crippen molar-refractivity contribution in [3.63, 3.8) is 0 Å². The van der Waals surface area contributed by atoms with Crippen LogP contribution in [-0.2, 0) is 0 Å². The molecule has 0 saturated heterocycles. The van der Waals surface area contributed by atoms with Crippen LogP contribution in [0.25, 0.3) is 0 Å². The number of nitrogens with zero attached hydrogens (tertiary/aromatic N) is 4. The maximum Gasteiger partial charge on any atom is 0.139 e. The van der Waals surface area contributed by atoms with Gasteiger partial charge in [0.05, 0.1) is 0 Å². The molecule has 0 unspecified atom stereocenters. The molecule has 0 atom stereocenters. The van der Waals surface area contributed by atoms with Crippen LogP contribution in [0.5, 0.6) is 0 Å². The highest BCUT2D eigenvalue weighted by molar-refractivity contribution is 6.12. The molecule has 92 valence electrons. The van der Waals surface area contributed by atoms with Crippen molar-refractivity contribution in [2.24, 2.45) is 5.10 Å². The summed E-state index contributed by atoms with van der Waals surface area (Å²) in [5, 5.41) is 8.54. The topological polar surface area (TPSA) is 43.1 Å². The second-order valence-electron chi connectivity index (χ2n) is 4.00. The van der Waals surface area contributed by atoms with E-state index in [1.807, 2.05) is 60.7 Å². The number of aromatic nitrogens is 3. The van der Waals surface area contributed by atoms with E-state index in [9.17, 15) is 0 Å². The molecule has 0 bridgehead atoms. The first-order chi connectivity index (χ1) is 9.43. The van der Waals surface area contributed by atoms with Crippen LogP contribution in [0.3, 0.4) is 0 Å². The van der Waals surface area contributed by atoms with Gasteiger partial charge in [-0.25, -0.2) is 4.98 Å². The van der Waals surface area contributed by atoms with Crippen LogP contribution in [-0.4, -0.2) is 20.6 Å². The molecule has 3 rings (SSSR count). The van der Waals surface area contributed by atoms with E-state index >= 15 is 0 Å². The lowest BCUT2D eigenvalue weighted by Crippen LogP contribution is -2.06. The Kier molecular flexibility index (Phi) is 3.14.